The van der Waals surface area contributed by atoms with Crippen LogP contribution in [0.15, 0.2) is 28.7 Å². The summed E-state index contributed by atoms with van der Waals surface area (Å²) >= 11 is 0. The van der Waals surface area contributed by atoms with Crippen molar-refractivity contribution >= 4 is 17.0 Å². The predicted molar refractivity (Wildman–Crippen MR) is 88.6 cm³/mol. The number of benzene rings is 1. The number of para-hydroxylation sites is 1. The molecular weight excluding hydrogens is 308 g/mol. The van der Waals surface area contributed by atoms with Crippen molar-refractivity contribution in [3.63, 3.8) is 0 Å². The largest absolute Gasteiger partial charge is 0.461 e. The van der Waals surface area contributed by atoms with E-state index in [1.807, 2.05) is 36.1 Å². The second-order valence-electron chi connectivity index (χ2n) is 6.39. The highest BCUT2D eigenvalue weighted by Crippen LogP contribution is 2.31. The number of hydrogen-bond acceptors (Lipinski definition) is 4. The van der Waals surface area contributed by atoms with Crippen molar-refractivity contribution in [3.8, 4) is 0 Å². The number of amides is 2. The number of piperidine rings is 1. The molecule has 0 atom stereocenters. The summed E-state index contributed by atoms with van der Waals surface area (Å²) in [5.41, 5.74) is 1.89. The first-order valence-corrected chi connectivity index (χ1v) is 8.45. The van der Waals surface area contributed by atoms with Crippen molar-refractivity contribution in [2.45, 2.75) is 32.1 Å². The number of nitrogens with zero attached hydrogens (tertiary/aromatic N) is 1. The van der Waals surface area contributed by atoms with E-state index < -0.39 is 5.79 Å². The smallest absolute Gasteiger partial charge is 0.317 e. The Labute approximate surface area is 140 Å². The van der Waals surface area contributed by atoms with Crippen molar-refractivity contribution in [1.29, 1.82) is 0 Å². The van der Waals surface area contributed by atoms with Crippen LogP contribution in [-0.4, -0.2) is 43.0 Å². The second-order valence-corrected chi connectivity index (χ2v) is 6.39. The van der Waals surface area contributed by atoms with Gasteiger partial charge in [-0.25, -0.2) is 4.79 Å². The molecule has 2 aliphatic heterocycles. The monoisotopic (exact) mass is 330 g/mol. The standard InChI is InChI=1S/C18H22N2O4/c1-13-15(14-4-2-3-5-16(14)24-13)12-19-17(21)20-8-6-18(7-9-20)22-10-11-23-18/h2-5H,6-12H2,1H3,(H,19,21). The van der Waals surface area contributed by atoms with Gasteiger partial charge in [0, 0.05) is 43.4 Å². The van der Waals surface area contributed by atoms with E-state index in [-0.39, 0.29) is 6.03 Å². The lowest BCUT2D eigenvalue weighted by atomic mass is 10.0. The van der Waals surface area contributed by atoms with Crippen LogP contribution >= 0.6 is 0 Å². The number of hydrogen-bond donors (Lipinski definition) is 1. The van der Waals surface area contributed by atoms with E-state index in [4.69, 9.17) is 13.9 Å². The Kier molecular flexibility index (Phi) is 3.94. The predicted octanol–water partition coefficient (Wildman–Crippen LogP) is 2.79. The molecule has 1 aromatic carbocycles. The summed E-state index contributed by atoms with van der Waals surface area (Å²) in [6, 6.07) is 7.85. The first-order chi connectivity index (χ1) is 11.7. The van der Waals surface area contributed by atoms with E-state index in [2.05, 4.69) is 5.32 Å². The van der Waals surface area contributed by atoms with Crippen LogP contribution in [0.5, 0.6) is 0 Å². The Morgan fingerprint density at radius 3 is 2.67 bits per heavy atom. The van der Waals surface area contributed by atoms with Crippen LogP contribution in [0.4, 0.5) is 4.79 Å². The van der Waals surface area contributed by atoms with Crippen LogP contribution in [-0.2, 0) is 16.0 Å². The number of carbonyl (C=O) groups is 1. The number of likely N-dealkylation sites (tertiary alicyclic amines) is 1. The third-order valence-electron chi connectivity index (χ3n) is 4.94. The van der Waals surface area contributed by atoms with E-state index in [9.17, 15) is 4.79 Å². The summed E-state index contributed by atoms with van der Waals surface area (Å²) in [4.78, 5) is 14.3. The molecule has 2 amide bonds. The summed E-state index contributed by atoms with van der Waals surface area (Å²) in [5.74, 6) is 0.399. The molecular formula is C18H22N2O4. The van der Waals surface area contributed by atoms with E-state index in [1.54, 1.807) is 0 Å². The molecule has 2 fully saturated rings. The average molecular weight is 330 g/mol. The number of ether oxygens (including phenoxy) is 2. The van der Waals surface area contributed by atoms with Gasteiger partial charge in [0.2, 0.25) is 0 Å². The van der Waals surface area contributed by atoms with Gasteiger partial charge >= 0.3 is 6.03 Å². The number of urea groups is 1. The average Bonchev–Trinajstić information content (AvgIpc) is 3.17. The van der Waals surface area contributed by atoms with Crippen LogP contribution in [0.2, 0.25) is 0 Å². The van der Waals surface area contributed by atoms with Crippen LogP contribution < -0.4 is 5.32 Å². The highest BCUT2D eigenvalue weighted by atomic mass is 16.7. The third kappa shape index (κ3) is 2.76. The van der Waals surface area contributed by atoms with Crippen molar-refractivity contribution in [2.75, 3.05) is 26.3 Å². The molecule has 0 aliphatic carbocycles. The minimum atomic E-state index is -0.450. The number of aryl methyl sites for hydroxylation is 1. The molecule has 0 unspecified atom stereocenters. The number of fused-ring (bicyclic) bond motifs is 1. The second kappa shape index (κ2) is 6.11. The summed E-state index contributed by atoms with van der Waals surface area (Å²) in [6.07, 6.45) is 1.46. The molecule has 3 heterocycles. The molecule has 6 nitrogen and oxygen atoms in total. The number of carbonyl (C=O) groups excluding carboxylic acids is 1. The van der Waals surface area contributed by atoms with Crippen LogP contribution in [0.3, 0.4) is 0 Å². The van der Waals surface area contributed by atoms with Crippen LogP contribution in [0, 0.1) is 6.92 Å². The van der Waals surface area contributed by atoms with Gasteiger partial charge in [-0.15, -0.1) is 0 Å². The molecule has 0 radical (unpaired) electrons. The van der Waals surface area contributed by atoms with Gasteiger partial charge < -0.3 is 24.1 Å². The van der Waals surface area contributed by atoms with Crippen LogP contribution in [0.25, 0.3) is 11.0 Å². The van der Waals surface area contributed by atoms with Gasteiger partial charge in [-0.1, -0.05) is 18.2 Å². The SMILES string of the molecule is Cc1oc2ccccc2c1CNC(=O)N1CCC2(CC1)OCCO2. The van der Waals surface area contributed by atoms with Crippen molar-refractivity contribution in [1.82, 2.24) is 10.2 Å². The van der Waals surface area contributed by atoms with Gasteiger partial charge in [0.05, 0.1) is 13.2 Å². The molecule has 2 saturated heterocycles. The van der Waals surface area contributed by atoms with E-state index in [1.165, 1.54) is 0 Å². The highest BCUT2D eigenvalue weighted by molar-refractivity contribution is 5.83. The quantitative estimate of drug-likeness (QED) is 0.920. The fourth-order valence-electron chi connectivity index (χ4n) is 3.55. The zero-order chi connectivity index (χ0) is 16.6. The zero-order valence-electron chi connectivity index (χ0n) is 13.8. The van der Waals surface area contributed by atoms with Gasteiger partial charge in [0.15, 0.2) is 5.79 Å². The van der Waals surface area contributed by atoms with Gasteiger partial charge in [-0.2, -0.15) is 0 Å². The van der Waals surface area contributed by atoms with Gasteiger partial charge in [0.25, 0.3) is 0 Å². The maximum atomic E-state index is 12.4. The minimum absolute atomic E-state index is 0.0486. The van der Waals surface area contributed by atoms with Crippen LogP contribution in [0.1, 0.15) is 24.2 Å². The number of furan rings is 1. The van der Waals surface area contributed by atoms with E-state index >= 15 is 0 Å². The van der Waals surface area contributed by atoms with Crippen molar-refractivity contribution < 1.29 is 18.7 Å². The molecule has 1 spiro atoms. The lowest BCUT2D eigenvalue weighted by molar-refractivity contribution is -0.181. The maximum Gasteiger partial charge on any atom is 0.317 e. The Bertz CT molecular complexity index is 739. The molecule has 24 heavy (non-hydrogen) atoms. The van der Waals surface area contributed by atoms with Gasteiger partial charge in [-0.3, -0.25) is 0 Å². The fourth-order valence-corrected chi connectivity index (χ4v) is 3.55. The molecule has 0 saturated carbocycles. The summed E-state index contributed by atoms with van der Waals surface area (Å²) in [6.45, 7) is 5.00. The normalized spacial score (nSPS) is 20.0. The molecule has 2 aliphatic rings. The first-order valence-electron chi connectivity index (χ1n) is 8.45. The van der Waals surface area contributed by atoms with E-state index in [0.717, 1.165) is 35.1 Å². The lowest BCUT2D eigenvalue weighted by Crippen LogP contribution is -2.50. The number of rotatable bonds is 2. The maximum absolute atomic E-state index is 12.4. The van der Waals surface area contributed by atoms with Crippen molar-refractivity contribution in [3.05, 3.63) is 35.6 Å². The van der Waals surface area contributed by atoms with Gasteiger partial charge in [0.1, 0.15) is 11.3 Å². The Morgan fingerprint density at radius 2 is 1.92 bits per heavy atom. The Morgan fingerprint density at radius 1 is 1.21 bits per heavy atom. The fraction of sp³-hybridized carbons (Fsp3) is 0.500. The molecule has 2 aromatic rings. The number of nitrogens with one attached hydrogen (secondary N) is 1. The Balaban J connectivity index is 1.37. The molecule has 1 N–H and O–H groups in total. The summed E-state index contributed by atoms with van der Waals surface area (Å²) < 4.78 is 17.1. The van der Waals surface area contributed by atoms with Crippen molar-refractivity contribution in [2.24, 2.45) is 0 Å². The third-order valence-corrected chi connectivity index (χ3v) is 4.94. The molecule has 128 valence electrons. The molecule has 6 heteroatoms. The molecule has 0 bridgehead atoms. The lowest BCUT2D eigenvalue weighted by Gasteiger charge is -2.37. The zero-order valence-corrected chi connectivity index (χ0v) is 13.8. The molecule has 4 rings (SSSR count). The topological polar surface area (TPSA) is 63.9 Å². The summed E-state index contributed by atoms with van der Waals surface area (Å²) in [5, 5.41) is 4.07. The minimum Gasteiger partial charge on any atom is -0.461 e. The van der Waals surface area contributed by atoms with Gasteiger partial charge in [-0.05, 0) is 13.0 Å². The molecule has 1 aromatic heterocycles. The summed E-state index contributed by atoms with van der Waals surface area (Å²) in [7, 11) is 0. The first kappa shape index (κ1) is 15.5. The van der Waals surface area contributed by atoms with E-state index in [0.29, 0.717) is 32.8 Å². The Hall–Kier alpha value is -2.05. The highest BCUT2D eigenvalue weighted by Gasteiger charge is 2.40.